The van der Waals surface area contributed by atoms with E-state index < -0.39 is 18.3 Å². The first-order valence-electron chi connectivity index (χ1n) is 6.47. The third-order valence-corrected chi connectivity index (χ3v) is 3.37. The number of hydrogen-bond donors (Lipinski definition) is 2. The summed E-state index contributed by atoms with van der Waals surface area (Å²) >= 11 is 0. The molecule has 5 nitrogen and oxygen atoms in total. The van der Waals surface area contributed by atoms with Gasteiger partial charge in [0.25, 0.3) is 0 Å². The molecular weight excluding hydrogens is 259 g/mol. The second-order valence-electron chi connectivity index (χ2n) is 5.66. The summed E-state index contributed by atoms with van der Waals surface area (Å²) in [5, 5.41) is 20.2. The van der Waals surface area contributed by atoms with Gasteiger partial charge < -0.3 is 24.3 Å². The van der Waals surface area contributed by atoms with Gasteiger partial charge in [0.15, 0.2) is 6.79 Å². The van der Waals surface area contributed by atoms with E-state index in [1.54, 1.807) is 52.0 Å². The maximum absolute atomic E-state index is 10.1. The quantitative estimate of drug-likeness (QED) is 0.575. The minimum absolute atomic E-state index is 0.134. The molecule has 6 heteroatoms. The molecule has 20 heavy (non-hydrogen) atoms. The average Bonchev–Trinajstić information content (AvgIpc) is 2.35. The average molecular weight is 282 g/mol. The van der Waals surface area contributed by atoms with Gasteiger partial charge in [-0.1, -0.05) is 12.1 Å². The van der Waals surface area contributed by atoms with Gasteiger partial charge in [0.1, 0.15) is 5.75 Å². The monoisotopic (exact) mass is 282 g/mol. The Labute approximate surface area is 120 Å². The SMILES string of the molecule is COCOc1cccc(B(O)OC(C)(C)C(C)(C)O)c1. The molecule has 2 N–H and O–H groups in total. The van der Waals surface area contributed by atoms with Crippen LogP contribution in [0.25, 0.3) is 0 Å². The van der Waals surface area contributed by atoms with Crippen LogP contribution in [0.15, 0.2) is 24.3 Å². The van der Waals surface area contributed by atoms with Crippen molar-refractivity contribution < 1.29 is 24.3 Å². The number of hydrogen-bond acceptors (Lipinski definition) is 5. The molecule has 0 aromatic heterocycles. The van der Waals surface area contributed by atoms with Crippen LogP contribution < -0.4 is 10.2 Å². The largest absolute Gasteiger partial charge is 0.491 e. The number of rotatable bonds is 7. The second-order valence-corrected chi connectivity index (χ2v) is 5.66. The fourth-order valence-electron chi connectivity index (χ4n) is 1.38. The lowest BCUT2D eigenvalue weighted by atomic mass is 9.76. The van der Waals surface area contributed by atoms with E-state index >= 15 is 0 Å². The molecule has 0 atom stereocenters. The summed E-state index contributed by atoms with van der Waals surface area (Å²) in [5.41, 5.74) is -1.44. The zero-order chi connectivity index (χ0) is 15.4. The lowest BCUT2D eigenvalue weighted by Gasteiger charge is -2.38. The Morgan fingerprint density at radius 3 is 2.40 bits per heavy atom. The fraction of sp³-hybridized carbons (Fsp3) is 0.571. The summed E-state index contributed by atoms with van der Waals surface area (Å²) in [6.07, 6.45) is 0. The molecule has 112 valence electrons. The Morgan fingerprint density at radius 2 is 1.85 bits per heavy atom. The Morgan fingerprint density at radius 1 is 1.20 bits per heavy atom. The van der Waals surface area contributed by atoms with Gasteiger partial charge in [-0.3, -0.25) is 0 Å². The first-order chi connectivity index (χ1) is 9.17. The third kappa shape index (κ3) is 4.49. The van der Waals surface area contributed by atoms with Gasteiger partial charge in [-0.25, -0.2) is 0 Å². The van der Waals surface area contributed by atoms with E-state index in [0.717, 1.165) is 0 Å². The van der Waals surface area contributed by atoms with Crippen LogP contribution in [0.3, 0.4) is 0 Å². The molecule has 0 aliphatic heterocycles. The maximum atomic E-state index is 10.1. The van der Waals surface area contributed by atoms with Gasteiger partial charge >= 0.3 is 7.12 Å². The van der Waals surface area contributed by atoms with Gasteiger partial charge in [0.05, 0.1) is 11.2 Å². The van der Waals surface area contributed by atoms with Gasteiger partial charge in [-0.2, -0.15) is 0 Å². The second kappa shape index (κ2) is 6.58. The van der Waals surface area contributed by atoms with Crippen LogP contribution in [0, 0.1) is 0 Å². The smallest absolute Gasteiger partial charge is 0.468 e. The van der Waals surface area contributed by atoms with Gasteiger partial charge in [-0.15, -0.1) is 0 Å². The van der Waals surface area contributed by atoms with Crippen molar-refractivity contribution in [3.8, 4) is 5.75 Å². The van der Waals surface area contributed by atoms with Crippen LogP contribution >= 0.6 is 0 Å². The standard InChI is InChI=1S/C14H23BO5/c1-13(2,16)14(3,4)20-15(17)11-7-6-8-12(9-11)19-10-18-5/h6-9,16-17H,10H2,1-5H3. The fourth-order valence-corrected chi connectivity index (χ4v) is 1.38. The van der Waals surface area contributed by atoms with E-state index in [-0.39, 0.29) is 6.79 Å². The molecule has 0 bridgehead atoms. The zero-order valence-electron chi connectivity index (χ0n) is 12.7. The Bertz CT molecular complexity index is 428. The Hall–Kier alpha value is -1.08. The summed E-state index contributed by atoms with van der Waals surface area (Å²) in [5.74, 6) is 0.577. The van der Waals surface area contributed by atoms with Crippen LogP contribution in [0.4, 0.5) is 0 Å². The molecule has 0 aliphatic carbocycles. The van der Waals surface area contributed by atoms with Crippen molar-refractivity contribution in [3.05, 3.63) is 24.3 Å². The van der Waals surface area contributed by atoms with Crippen LogP contribution in [0.5, 0.6) is 5.75 Å². The molecule has 0 aliphatic rings. The van der Waals surface area contributed by atoms with Crippen molar-refractivity contribution >= 4 is 12.6 Å². The van der Waals surface area contributed by atoms with Crippen molar-refractivity contribution in [2.45, 2.75) is 38.9 Å². The van der Waals surface area contributed by atoms with Crippen molar-refractivity contribution in [1.82, 2.24) is 0 Å². The van der Waals surface area contributed by atoms with E-state index in [1.165, 1.54) is 7.11 Å². The molecule has 0 spiro atoms. The minimum Gasteiger partial charge on any atom is -0.468 e. The van der Waals surface area contributed by atoms with E-state index in [4.69, 9.17) is 14.1 Å². The van der Waals surface area contributed by atoms with Crippen LogP contribution in [0.1, 0.15) is 27.7 Å². The summed E-state index contributed by atoms with van der Waals surface area (Å²) < 4.78 is 15.7. The topological polar surface area (TPSA) is 68.2 Å². The summed E-state index contributed by atoms with van der Waals surface area (Å²) in [6.45, 7) is 6.86. The lowest BCUT2D eigenvalue weighted by molar-refractivity contribution is -0.0982. The lowest BCUT2D eigenvalue weighted by Crippen LogP contribution is -2.53. The molecule has 1 aromatic rings. The predicted molar refractivity (Wildman–Crippen MR) is 78.0 cm³/mol. The first kappa shape index (κ1) is 17.0. The number of ether oxygens (including phenoxy) is 2. The van der Waals surface area contributed by atoms with Crippen molar-refractivity contribution in [3.63, 3.8) is 0 Å². The van der Waals surface area contributed by atoms with Crippen molar-refractivity contribution in [2.75, 3.05) is 13.9 Å². The van der Waals surface area contributed by atoms with Crippen molar-refractivity contribution in [2.24, 2.45) is 0 Å². The predicted octanol–water partition coefficient (Wildman–Crippen LogP) is 0.923. The van der Waals surface area contributed by atoms with E-state index in [0.29, 0.717) is 11.2 Å². The molecule has 1 aromatic carbocycles. The molecule has 0 radical (unpaired) electrons. The third-order valence-electron chi connectivity index (χ3n) is 3.37. The number of benzene rings is 1. The highest BCUT2D eigenvalue weighted by Gasteiger charge is 2.39. The van der Waals surface area contributed by atoms with Gasteiger partial charge in [0, 0.05) is 7.11 Å². The first-order valence-corrected chi connectivity index (χ1v) is 6.47. The van der Waals surface area contributed by atoms with Gasteiger partial charge in [0.2, 0.25) is 0 Å². The molecule has 0 saturated carbocycles. The minimum atomic E-state index is -1.15. The molecule has 0 unspecified atom stereocenters. The summed E-state index contributed by atoms with van der Waals surface area (Å²) in [6, 6.07) is 6.91. The van der Waals surface area contributed by atoms with E-state index in [9.17, 15) is 10.1 Å². The van der Waals surface area contributed by atoms with Crippen LogP contribution in [0.2, 0.25) is 0 Å². The molecule has 0 heterocycles. The number of aliphatic hydroxyl groups is 1. The summed E-state index contributed by atoms with van der Waals surface area (Å²) in [7, 11) is 0.385. The van der Waals surface area contributed by atoms with E-state index in [2.05, 4.69) is 0 Å². The molecule has 0 amide bonds. The molecular formula is C14H23BO5. The zero-order valence-corrected chi connectivity index (χ0v) is 12.7. The summed E-state index contributed by atoms with van der Waals surface area (Å²) in [4.78, 5) is 0. The molecule has 1 rings (SSSR count). The Balaban J connectivity index is 2.79. The Kier molecular flexibility index (Phi) is 5.59. The highest BCUT2D eigenvalue weighted by Crippen LogP contribution is 2.25. The van der Waals surface area contributed by atoms with E-state index in [1.807, 2.05) is 0 Å². The number of methoxy groups -OCH3 is 1. The molecule has 0 fully saturated rings. The normalized spacial score (nSPS) is 12.3. The highest BCUT2D eigenvalue weighted by molar-refractivity contribution is 6.60. The highest BCUT2D eigenvalue weighted by atomic mass is 16.7. The van der Waals surface area contributed by atoms with Gasteiger partial charge in [-0.05, 0) is 45.3 Å². The van der Waals surface area contributed by atoms with Crippen LogP contribution in [-0.2, 0) is 9.39 Å². The molecule has 0 saturated heterocycles. The van der Waals surface area contributed by atoms with Crippen LogP contribution in [-0.4, -0.2) is 42.4 Å². The maximum Gasteiger partial charge on any atom is 0.491 e. The van der Waals surface area contributed by atoms with Crippen molar-refractivity contribution in [1.29, 1.82) is 0 Å².